The van der Waals surface area contributed by atoms with Crippen LogP contribution in [0.25, 0.3) is 0 Å². The molecule has 3 N–H and O–H groups in total. The van der Waals surface area contributed by atoms with E-state index >= 15 is 0 Å². The summed E-state index contributed by atoms with van der Waals surface area (Å²) < 4.78 is 11.1. The van der Waals surface area contributed by atoms with E-state index in [-0.39, 0.29) is 29.9 Å². The number of halogens is 1. The first-order valence-corrected chi connectivity index (χ1v) is 10.7. The van der Waals surface area contributed by atoms with Gasteiger partial charge in [0.2, 0.25) is 5.91 Å². The summed E-state index contributed by atoms with van der Waals surface area (Å²) >= 11 is 0. The van der Waals surface area contributed by atoms with Crippen molar-refractivity contribution in [2.75, 3.05) is 46.6 Å². The van der Waals surface area contributed by atoms with Gasteiger partial charge in [0.25, 0.3) is 0 Å². The molecule has 1 amide bonds. The van der Waals surface area contributed by atoms with Gasteiger partial charge in [0.05, 0.1) is 0 Å². The van der Waals surface area contributed by atoms with Gasteiger partial charge in [0.15, 0.2) is 5.96 Å². The second-order valence-electron chi connectivity index (χ2n) is 7.56. The van der Waals surface area contributed by atoms with Crippen molar-refractivity contribution in [1.29, 1.82) is 0 Å². The molecule has 7 nitrogen and oxygen atoms in total. The van der Waals surface area contributed by atoms with Gasteiger partial charge in [0.1, 0.15) is 0 Å². The summed E-state index contributed by atoms with van der Waals surface area (Å²) in [6, 6.07) is 0.379. The van der Waals surface area contributed by atoms with Crippen molar-refractivity contribution in [3.63, 3.8) is 0 Å². The largest absolute Gasteiger partial charge is 0.381 e. The number of carbonyl (C=O) groups excluding carboxylic acids is 1. The summed E-state index contributed by atoms with van der Waals surface area (Å²) in [6.07, 6.45) is 9.66. The summed E-state index contributed by atoms with van der Waals surface area (Å²) in [4.78, 5) is 16.2. The third kappa shape index (κ3) is 11.4. The Bertz CT molecular complexity index is 439. The molecule has 0 spiro atoms. The van der Waals surface area contributed by atoms with E-state index in [2.05, 4.69) is 20.9 Å². The number of ether oxygens (including phenoxy) is 2. The molecule has 1 aliphatic carbocycles. The van der Waals surface area contributed by atoms with Crippen LogP contribution < -0.4 is 16.0 Å². The first-order valence-electron chi connectivity index (χ1n) is 10.7. The zero-order chi connectivity index (χ0) is 19.2. The van der Waals surface area contributed by atoms with Gasteiger partial charge < -0.3 is 25.4 Å². The number of aliphatic imine (C=N–C) groups is 1. The smallest absolute Gasteiger partial charge is 0.221 e. The second-order valence-corrected chi connectivity index (χ2v) is 7.56. The molecule has 1 aliphatic heterocycles. The van der Waals surface area contributed by atoms with Gasteiger partial charge in [-0.25, -0.2) is 0 Å². The van der Waals surface area contributed by atoms with Crippen LogP contribution in [0.2, 0.25) is 0 Å². The Labute approximate surface area is 187 Å². The second kappa shape index (κ2) is 16.2. The van der Waals surface area contributed by atoms with Crippen molar-refractivity contribution in [3.8, 4) is 0 Å². The predicted octanol–water partition coefficient (Wildman–Crippen LogP) is 2.44. The van der Waals surface area contributed by atoms with Crippen molar-refractivity contribution >= 4 is 35.8 Å². The molecule has 164 valence electrons. The minimum Gasteiger partial charge on any atom is -0.381 e. The number of guanidine groups is 1. The Kier molecular flexibility index (Phi) is 14.7. The molecule has 1 saturated heterocycles. The van der Waals surface area contributed by atoms with Gasteiger partial charge in [-0.2, -0.15) is 0 Å². The van der Waals surface area contributed by atoms with Crippen LogP contribution in [0.1, 0.15) is 57.8 Å². The average Bonchev–Trinajstić information content (AvgIpc) is 2.70. The lowest BCUT2D eigenvalue weighted by Crippen LogP contribution is -2.41. The molecular weight excluding hydrogens is 471 g/mol. The summed E-state index contributed by atoms with van der Waals surface area (Å²) in [5.41, 5.74) is 0. The predicted molar refractivity (Wildman–Crippen MR) is 123 cm³/mol. The lowest BCUT2D eigenvalue weighted by atomic mass is 9.95. The zero-order valence-electron chi connectivity index (χ0n) is 17.3. The van der Waals surface area contributed by atoms with Crippen molar-refractivity contribution in [2.45, 2.75) is 63.8 Å². The molecular formula is C20H39IN4O3. The summed E-state index contributed by atoms with van der Waals surface area (Å²) in [7, 11) is 1.75. The van der Waals surface area contributed by atoms with Gasteiger partial charge in [-0.05, 0) is 38.0 Å². The number of nitrogens with one attached hydrogen (secondary N) is 3. The van der Waals surface area contributed by atoms with Gasteiger partial charge >= 0.3 is 0 Å². The Morgan fingerprint density at radius 3 is 2.50 bits per heavy atom. The summed E-state index contributed by atoms with van der Waals surface area (Å²) in [5, 5.41) is 9.61. The molecule has 28 heavy (non-hydrogen) atoms. The van der Waals surface area contributed by atoms with Crippen LogP contribution in [0, 0.1) is 5.92 Å². The monoisotopic (exact) mass is 510 g/mol. The van der Waals surface area contributed by atoms with Gasteiger partial charge in [-0.3, -0.25) is 9.79 Å². The Hall–Kier alpha value is -0.610. The Morgan fingerprint density at radius 1 is 1.07 bits per heavy atom. The first-order chi connectivity index (χ1) is 13.3. The quantitative estimate of drug-likeness (QED) is 0.182. The molecule has 1 saturated carbocycles. The number of hydrogen-bond acceptors (Lipinski definition) is 4. The summed E-state index contributed by atoms with van der Waals surface area (Å²) in [5.74, 6) is 1.53. The average molecular weight is 510 g/mol. The van der Waals surface area contributed by atoms with E-state index in [1.165, 1.54) is 19.3 Å². The number of nitrogens with zero attached hydrogens (tertiary/aromatic N) is 1. The lowest BCUT2D eigenvalue weighted by Gasteiger charge is -2.22. The number of hydrogen-bond donors (Lipinski definition) is 3. The zero-order valence-corrected chi connectivity index (χ0v) is 19.7. The van der Waals surface area contributed by atoms with Crippen molar-refractivity contribution in [3.05, 3.63) is 0 Å². The molecule has 8 heteroatoms. The number of rotatable bonds is 10. The minimum absolute atomic E-state index is 0. The van der Waals surface area contributed by atoms with Crippen LogP contribution in [0.5, 0.6) is 0 Å². The van der Waals surface area contributed by atoms with E-state index in [0.717, 1.165) is 71.0 Å². The molecule has 0 aromatic rings. The third-order valence-electron chi connectivity index (χ3n) is 5.29. The molecule has 0 aromatic heterocycles. The molecule has 0 aromatic carbocycles. The van der Waals surface area contributed by atoms with E-state index in [4.69, 9.17) is 9.47 Å². The van der Waals surface area contributed by atoms with Crippen LogP contribution in [-0.4, -0.2) is 64.5 Å². The van der Waals surface area contributed by atoms with Crippen molar-refractivity contribution < 1.29 is 14.3 Å². The van der Waals surface area contributed by atoms with Gasteiger partial charge in [0, 0.05) is 59.0 Å². The molecule has 1 heterocycles. The fourth-order valence-corrected chi connectivity index (χ4v) is 3.61. The SMILES string of the molecule is CN=C(NCCCOCC1CCOCC1)NCCC(=O)NC1CCCCC1.I. The first kappa shape index (κ1) is 25.4. The Balaban J connectivity index is 0.00000392. The highest BCUT2D eigenvalue weighted by Gasteiger charge is 2.15. The Morgan fingerprint density at radius 2 is 1.79 bits per heavy atom. The van der Waals surface area contributed by atoms with Crippen LogP contribution in [-0.2, 0) is 14.3 Å². The lowest BCUT2D eigenvalue weighted by molar-refractivity contribution is -0.121. The van der Waals surface area contributed by atoms with Crippen LogP contribution in [0.3, 0.4) is 0 Å². The van der Waals surface area contributed by atoms with Crippen LogP contribution >= 0.6 is 24.0 Å². The molecule has 0 radical (unpaired) electrons. The molecule has 2 aliphatic rings. The molecule has 2 rings (SSSR count). The highest BCUT2D eigenvalue weighted by Crippen LogP contribution is 2.17. The van der Waals surface area contributed by atoms with E-state index < -0.39 is 0 Å². The van der Waals surface area contributed by atoms with E-state index in [1.807, 2.05) is 0 Å². The summed E-state index contributed by atoms with van der Waals surface area (Å²) in [6.45, 7) is 4.74. The number of carbonyl (C=O) groups is 1. The fourth-order valence-electron chi connectivity index (χ4n) is 3.61. The fraction of sp³-hybridized carbons (Fsp3) is 0.900. The van der Waals surface area contributed by atoms with Gasteiger partial charge in [-0.15, -0.1) is 24.0 Å². The topological polar surface area (TPSA) is 84.0 Å². The van der Waals surface area contributed by atoms with Crippen LogP contribution in [0.15, 0.2) is 4.99 Å². The maximum atomic E-state index is 12.0. The van der Waals surface area contributed by atoms with Crippen molar-refractivity contribution in [2.24, 2.45) is 10.9 Å². The molecule has 0 bridgehead atoms. The molecule has 0 atom stereocenters. The van der Waals surface area contributed by atoms with Gasteiger partial charge in [-0.1, -0.05) is 19.3 Å². The van der Waals surface area contributed by atoms with E-state index in [0.29, 0.717) is 24.9 Å². The van der Waals surface area contributed by atoms with Crippen molar-refractivity contribution in [1.82, 2.24) is 16.0 Å². The number of amides is 1. The standard InChI is InChI=1S/C20H38N4O3.HI/c1-21-20(22-11-5-13-27-16-17-9-14-26-15-10-17)23-12-8-19(25)24-18-6-3-2-4-7-18;/h17-18H,2-16H2,1H3,(H,24,25)(H2,21,22,23);1H. The van der Waals surface area contributed by atoms with E-state index in [1.54, 1.807) is 7.05 Å². The maximum absolute atomic E-state index is 12.0. The van der Waals surface area contributed by atoms with E-state index in [9.17, 15) is 4.79 Å². The molecule has 2 fully saturated rings. The normalized spacial score (nSPS) is 19.0. The highest BCUT2D eigenvalue weighted by molar-refractivity contribution is 14.0. The van der Waals surface area contributed by atoms with Crippen LogP contribution in [0.4, 0.5) is 0 Å². The minimum atomic E-state index is 0. The highest BCUT2D eigenvalue weighted by atomic mass is 127. The molecule has 0 unspecified atom stereocenters. The maximum Gasteiger partial charge on any atom is 0.221 e. The third-order valence-corrected chi connectivity index (χ3v) is 5.29.